The molecular formula is C12H18BrN3O. The minimum Gasteiger partial charge on any atom is -0.369 e. The van der Waals surface area contributed by atoms with E-state index in [0.29, 0.717) is 13.1 Å². The van der Waals surface area contributed by atoms with E-state index in [9.17, 15) is 4.79 Å². The molecule has 0 fully saturated rings. The Kier molecular flexibility index (Phi) is 6.15. The Morgan fingerprint density at radius 2 is 2.29 bits per heavy atom. The highest BCUT2D eigenvalue weighted by Gasteiger charge is 2.09. The maximum atomic E-state index is 11.0. The summed E-state index contributed by atoms with van der Waals surface area (Å²) < 4.78 is 0.949. The van der Waals surface area contributed by atoms with Gasteiger partial charge in [-0.15, -0.1) is 0 Å². The number of rotatable bonds is 7. The topological polar surface area (TPSA) is 59.2 Å². The van der Waals surface area contributed by atoms with Gasteiger partial charge in [-0.1, -0.05) is 13.3 Å². The summed E-state index contributed by atoms with van der Waals surface area (Å²) in [5.74, 6) is -0.288. The molecule has 94 valence electrons. The average Bonchev–Trinajstić information content (AvgIpc) is 2.25. The van der Waals surface area contributed by atoms with Crippen LogP contribution in [0.2, 0.25) is 0 Å². The first kappa shape index (κ1) is 14.1. The fourth-order valence-electron chi connectivity index (χ4n) is 1.62. The van der Waals surface area contributed by atoms with Gasteiger partial charge in [-0.2, -0.15) is 0 Å². The van der Waals surface area contributed by atoms with Crippen molar-refractivity contribution in [2.45, 2.75) is 26.3 Å². The number of amides is 1. The van der Waals surface area contributed by atoms with E-state index in [4.69, 9.17) is 5.73 Å². The summed E-state index contributed by atoms with van der Waals surface area (Å²) in [6.07, 6.45) is 5.72. The Morgan fingerprint density at radius 3 is 2.88 bits per heavy atom. The van der Waals surface area contributed by atoms with Crippen molar-refractivity contribution in [1.29, 1.82) is 0 Å². The minimum atomic E-state index is -0.288. The molecule has 0 aliphatic carbocycles. The first-order chi connectivity index (χ1) is 8.11. The van der Waals surface area contributed by atoms with Crippen LogP contribution in [-0.4, -0.2) is 28.9 Å². The van der Waals surface area contributed by atoms with Gasteiger partial charge < -0.3 is 5.73 Å². The molecule has 0 aliphatic heterocycles. The fraction of sp³-hybridized carbons (Fsp3) is 0.500. The van der Waals surface area contributed by atoms with Crippen LogP contribution in [0.3, 0.4) is 0 Å². The average molecular weight is 300 g/mol. The number of carbonyl (C=O) groups excluding carboxylic acids is 1. The SMILES string of the molecule is CCCCN(CC(N)=O)Cc1cncc(Br)c1. The number of primary amides is 1. The quantitative estimate of drug-likeness (QED) is 0.837. The van der Waals surface area contributed by atoms with E-state index in [1.54, 1.807) is 6.20 Å². The third kappa shape index (κ3) is 5.79. The minimum absolute atomic E-state index is 0.288. The first-order valence-corrected chi connectivity index (χ1v) is 6.51. The zero-order chi connectivity index (χ0) is 12.7. The number of aromatic nitrogens is 1. The molecule has 4 nitrogen and oxygen atoms in total. The highest BCUT2D eigenvalue weighted by molar-refractivity contribution is 9.10. The third-order valence-corrected chi connectivity index (χ3v) is 2.81. The van der Waals surface area contributed by atoms with Gasteiger partial charge in [-0.05, 0) is 40.5 Å². The normalized spacial score (nSPS) is 10.8. The van der Waals surface area contributed by atoms with Crippen molar-refractivity contribution in [1.82, 2.24) is 9.88 Å². The van der Waals surface area contributed by atoms with Gasteiger partial charge in [0, 0.05) is 23.4 Å². The standard InChI is InChI=1S/C12H18BrN3O/c1-2-3-4-16(9-12(14)17)8-10-5-11(13)7-15-6-10/h5-7H,2-4,8-9H2,1H3,(H2,14,17). The highest BCUT2D eigenvalue weighted by Crippen LogP contribution is 2.11. The van der Waals surface area contributed by atoms with Crippen LogP contribution < -0.4 is 5.73 Å². The van der Waals surface area contributed by atoms with E-state index < -0.39 is 0 Å². The number of hydrogen-bond acceptors (Lipinski definition) is 3. The molecular weight excluding hydrogens is 282 g/mol. The summed E-state index contributed by atoms with van der Waals surface area (Å²) in [6.45, 7) is 4.01. The number of halogens is 1. The highest BCUT2D eigenvalue weighted by atomic mass is 79.9. The Hall–Kier alpha value is -0.940. The molecule has 0 saturated heterocycles. The van der Waals surface area contributed by atoms with Crippen molar-refractivity contribution in [3.63, 3.8) is 0 Å². The number of nitrogens with zero attached hydrogens (tertiary/aromatic N) is 2. The molecule has 2 N–H and O–H groups in total. The molecule has 1 amide bonds. The van der Waals surface area contributed by atoms with Crippen LogP contribution in [0.15, 0.2) is 22.9 Å². The predicted octanol–water partition coefficient (Wildman–Crippen LogP) is 1.93. The Bertz CT molecular complexity index is 371. The lowest BCUT2D eigenvalue weighted by Crippen LogP contribution is -2.34. The van der Waals surface area contributed by atoms with Crippen molar-refractivity contribution in [3.8, 4) is 0 Å². The molecule has 17 heavy (non-hydrogen) atoms. The molecule has 5 heteroatoms. The molecule has 0 unspecified atom stereocenters. The predicted molar refractivity (Wildman–Crippen MR) is 71.3 cm³/mol. The largest absolute Gasteiger partial charge is 0.369 e. The molecule has 1 heterocycles. The monoisotopic (exact) mass is 299 g/mol. The second kappa shape index (κ2) is 7.40. The van der Waals surface area contributed by atoms with Gasteiger partial charge in [0.1, 0.15) is 0 Å². The third-order valence-electron chi connectivity index (χ3n) is 2.38. The summed E-state index contributed by atoms with van der Waals surface area (Å²) in [7, 11) is 0. The molecule has 0 bridgehead atoms. The van der Waals surface area contributed by atoms with Crippen LogP contribution in [0.1, 0.15) is 25.3 Å². The Labute approximate surface area is 110 Å². The van der Waals surface area contributed by atoms with Gasteiger partial charge in [-0.25, -0.2) is 0 Å². The lowest BCUT2D eigenvalue weighted by atomic mass is 10.2. The van der Waals surface area contributed by atoms with E-state index in [1.807, 2.05) is 12.3 Å². The van der Waals surface area contributed by atoms with Crippen molar-refractivity contribution in [2.75, 3.05) is 13.1 Å². The van der Waals surface area contributed by atoms with Crippen molar-refractivity contribution in [3.05, 3.63) is 28.5 Å². The first-order valence-electron chi connectivity index (χ1n) is 5.72. The zero-order valence-electron chi connectivity index (χ0n) is 10.0. The van der Waals surface area contributed by atoms with Gasteiger partial charge in [-0.3, -0.25) is 14.7 Å². The van der Waals surface area contributed by atoms with Gasteiger partial charge in [0.25, 0.3) is 0 Å². The van der Waals surface area contributed by atoms with E-state index in [2.05, 4.69) is 32.7 Å². The number of hydrogen-bond donors (Lipinski definition) is 1. The smallest absolute Gasteiger partial charge is 0.231 e. The maximum absolute atomic E-state index is 11.0. The van der Waals surface area contributed by atoms with Crippen molar-refractivity contribution in [2.24, 2.45) is 5.73 Å². The van der Waals surface area contributed by atoms with E-state index in [0.717, 1.165) is 29.4 Å². The summed E-state index contributed by atoms with van der Waals surface area (Å²) >= 11 is 3.38. The van der Waals surface area contributed by atoms with Crippen LogP contribution in [-0.2, 0) is 11.3 Å². The maximum Gasteiger partial charge on any atom is 0.231 e. The van der Waals surface area contributed by atoms with Crippen LogP contribution in [0, 0.1) is 0 Å². The molecule has 0 radical (unpaired) electrons. The second-order valence-electron chi connectivity index (χ2n) is 4.04. The van der Waals surface area contributed by atoms with E-state index in [-0.39, 0.29) is 5.91 Å². The van der Waals surface area contributed by atoms with Gasteiger partial charge >= 0.3 is 0 Å². The summed E-state index contributed by atoms with van der Waals surface area (Å²) in [4.78, 5) is 17.1. The van der Waals surface area contributed by atoms with Gasteiger partial charge in [0.15, 0.2) is 0 Å². The Balaban J connectivity index is 2.61. The van der Waals surface area contributed by atoms with Crippen LogP contribution >= 0.6 is 15.9 Å². The Morgan fingerprint density at radius 1 is 1.53 bits per heavy atom. The van der Waals surface area contributed by atoms with E-state index >= 15 is 0 Å². The van der Waals surface area contributed by atoms with Gasteiger partial charge in [0.2, 0.25) is 5.91 Å². The molecule has 1 aromatic heterocycles. The molecule has 0 spiro atoms. The van der Waals surface area contributed by atoms with Crippen LogP contribution in [0.5, 0.6) is 0 Å². The second-order valence-corrected chi connectivity index (χ2v) is 4.96. The van der Waals surface area contributed by atoms with E-state index in [1.165, 1.54) is 0 Å². The van der Waals surface area contributed by atoms with Crippen LogP contribution in [0.4, 0.5) is 0 Å². The van der Waals surface area contributed by atoms with Gasteiger partial charge in [0.05, 0.1) is 6.54 Å². The fourth-order valence-corrected chi connectivity index (χ4v) is 2.03. The molecule has 0 aliphatic rings. The number of unbranched alkanes of at least 4 members (excludes halogenated alkanes) is 1. The van der Waals surface area contributed by atoms with Crippen LogP contribution in [0.25, 0.3) is 0 Å². The molecule has 0 aromatic carbocycles. The molecule has 0 saturated carbocycles. The molecule has 0 atom stereocenters. The lowest BCUT2D eigenvalue weighted by Gasteiger charge is -2.20. The number of carbonyl (C=O) groups is 1. The lowest BCUT2D eigenvalue weighted by molar-refractivity contribution is -0.119. The summed E-state index contributed by atoms with van der Waals surface area (Å²) in [6, 6.07) is 2.01. The van der Waals surface area contributed by atoms with Crippen molar-refractivity contribution < 1.29 is 4.79 Å². The molecule has 1 rings (SSSR count). The van der Waals surface area contributed by atoms with Crippen molar-refractivity contribution >= 4 is 21.8 Å². The number of pyridine rings is 1. The number of nitrogens with two attached hydrogens (primary N) is 1. The zero-order valence-corrected chi connectivity index (χ0v) is 11.6. The summed E-state index contributed by atoms with van der Waals surface area (Å²) in [5, 5.41) is 0. The molecule has 1 aromatic rings. The summed E-state index contributed by atoms with van der Waals surface area (Å²) in [5.41, 5.74) is 6.32.